The molecular formula is C18H15BrO2S. The summed E-state index contributed by atoms with van der Waals surface area (Å²) < 4.78 is 4.99. The molecule has 2 aromatic rings. The molecule has 0 N–H and O–H groups in total. The van der Waals surface area contributed by atoms with Gasteiger partial charge in [0, 0.05) is 9.37 Å². The molecule has 22 heavy (non-hydrogen) atoms. The van der Waals surface area contributed by atoms with Crippen LogP contribution in [-0.4, -0.2) is 13.1 Å². The molecule has 0 aromatic heterocycles. The molecule has 112 valence electrons. The monoisotopic (exact) mass is 374 g/mol. The number of carbonyl (C=O) groups excluding carboxylic acids is 1. The molecule has 2 aromatic carbocycles. The van der Waals surface area contributed by atoms with Crippen molar-refractivity contribution in [1.82, 2.24) is 0 Å². The Hall–Kier alpha value is -1.74. The second-order valence-corrected chi connectivity index (χ2v) is 6.73. The quantitative estimate of drug-likeness (QED) is 0.420. The van der Waals surface area contributed by atoms with Crippen LogP contribution in [-0.2, 0) is 14.3 Å². The Morgan fingerprint density at radius 2 is 1.86 bits per heavy atom. The van der Waals surface area contributed by atoms with Gasteiger partial charge in [0.1, 0.15) is 0 Å². The number of methoxy groups -OCH3 is 1. The van der Waals surface area contributed by atoms with Crippen molar-refractivity contribution in [1.29, 1.82) is 0 Å². The first-order chi connectivity index (χ1) is 10.6. The Morgan fingerprint density at radius 1 is 1.23 bits per heavy atom. The first kappa shape index (κ1) is 16.6. The Morgan fingerprint density at radius 3 is 2.41 bits per heavy atom. The third-order valence-corrected chi connectivity index (χ3v) is 4.97. The third-order valence-electron chi connectivity index (χ3n) is 3.09. The first-order valence-electron chi connectivity index (χ1n) is 6.58. The number of hydrogen-bond donors (Lipinski definition) is 0. The van der Waals surface area contributed by atoms with E-state index in [0.29, 0.717) is 0 Å². The fourth-order valence-electron chi connectivity index (χ4n) is 2.06. The highest BCUT2D eigenvalue weighted by molar-refractivity contribution is 9.10. The van der Waals surface area contributed by atoms with Crippen LogP contribution in [0.1, 0.15) is 5.56 Å². The highest BCUT2D eigenvalue weighted by Crippen LogP contribution is 2.44. The lowest BCUT2D eigenvalue weighted by molar-refractivity contribution is -0.142. The lowest BCUT2D eigenvalue weighted by atomic mass is 9.98. The summed E-state index contributed by atoms with van der Waals surface area (Å²) >= 11 is 4.82. The maximum absolute atomic E-state index is 12.6. The number of carbonyl (C=O) groups is 1. The van der Waals surface area contributed by atoms with E-state index in [4.69, 9.17) is 4.74 Å². The van der Waals surface area contributed by atoms with Gasteiger partial charge in [-0.15, -0.1) is 5.73 Å². The van der Waals surface area contributed by atoms with E-state index in [9.17, 15) is 4.79 Å². The molecule has 0 heterocycles. The van der Waals surface area contributed by atoms with Crippen LogP contribution in [0, 0.1) is 0 Å². The molecule has 0 saturated heterocycles. The molecule has 2 rings (SSSR count). The van der Waals surface area contributed by atoms with E-state index in [1.165, 1.54) is 18.9 Å². The van der Waals surface area contributed by atoms with Crippen LogP contribution in [0.25, 0.3) is 0 Å². The molecule has 1 atom stereocenters. The summed E-state index contributed by atoms with van der Waals surface area (Å²) in [5.74, 6) is -0.361. The summed E-state index contributed by atoms with van der Waals surface area (Å²) in [4.78, 5) is 13.5. The zero-order valence-corrected chi connectivity index (χ0v) is 14.5. The SMILES string of the molecule is C=C=CC(Sc1ccccc1)(C(=O)OC)c1ccc(Br)cc1. The van der Waals surface area contributed by atoms with Crippen molar-refractivity contribution in [3.63, 3.8) is 0 Å². The summed E-state index contributed by atoms with van der Waals surface area (Å²) in [6, 6.07) is 17.3. The maximum Gasteiger partial charge on any atom is 0.331 e. The predicted molar refractivity (Wildman–Crippen MR) is 93.8 cm³/mol. The number of ether oxygens (including phenoxy) is 1. The van der Waals surface area contributed by atoms with E-state index in [-0.39, 0.29) is 5.97 Å². The Balaban J connectivity index is 2.58. The summed E-state index contributed by atoms with van der Waals surface area (Å²) in [7, 11) is 1.39. The van der Waals surface area contributed by atoms with Crippen LogP contribution < -0.4 is 0 Å². The zero-order valence-electron chi connectivity index (χ0n) is 12.1. The van der Waals surface area contributed by atoms with Crippen LogP contribution in [0.3, 0.4) is 0 Å². The molecule has 4 heteroatoms. The molecule has 0 spiro atoms. The Kier molecular flexibility index (Phi) is 5.67. The molecule has 0 aliphatic rings. The topological polar surface area (TPSA) is 26.3 Å². The standard InChI is InChI=1S/C18H15BrO2S/c1-3-13-18(17(20)21-2,14-9-11-15(19)12-10-14)22-16-7-5-4-6-8-16/h4-13H,1H2,2H3. The van der Waals surface area contributed by atoms with Crippen LogP contribution in [0.4, 0.5) is 0 Å². The fourth-order valence-corrected chi connectivity index (χ4v) is 3.55. The summed E-state index contributed by atoms with van der Waals surface area (Å²) in [5.41, 5.74) is 3.56. The van der Waals surface area contributed by atoms with Crippen LogP contribution >= 0.6 is 27.7 Å². The van der Waals surface area contributed by atoms with E-state index in [1.807, 2.05) is 54.6 Å². The lowest BCUT2D eigenvalue weighted by Crippen LogP contribution is -2.31. The van der Waals surface area contributed by atoms with Gasteiger partial charge < -0.3 is 4.74 Å². The van der Waals surface area contributed by atoms with E-state index in [2.05, 4.69) is 28.2 Å². The van der Waals surface area contributed by atoms with Gasteiger partial charge in [0.25, 0.3) is 0 Å². The minimum atomic E-state index is -1.02. The van der Waals surface area contributed by atoms with E-state index < -0.39 is 4.75 Å². The molecule has 1 unspecified atom stereocenters. The van der Waals surface area contributed by atoms with Crippen LogP contribution in [0.5, 0.6) is 0 Å². The van der Waals surface area contributed by atoms with Gasteiger partial charge in [-0.05, 0) is 35.9 Å². The van der Waals surface area contributed by atoms with E-state index in [1.54, 1.807) is 6.08 Å². The van der Waals surface area contributed by atoms with Gasteiger partial charge in [0.2, 0.25) is 0 Å². The van der Waals surface area contributed by atoms with Gasteiger partial charge in [-0.2, -0.15) is 0 Å². The Labute approximate surface area is 143 Å². The van der Waals surface area contributed by atoms with Crippen molar-refractivity contribution < 1.29 is 9.53 Å². The normalized spacial score (nSPS) is 12.8. The van der Waals surface area contributed by atoms with E-state index >= 15 is 0 Å². The summed E-state index contributed by atoms with van der Waals surface area (Å²) in [6.45, 7) is 3.64. The van der Waals surface area contributed by atoms with Crippen LogP contribution in [0.15, 0.2) is 82.4 Å². The fraction of sp³-hybridized carbons (Fsp3) is 0.111. The number of benzene rings is 2. The first-order valence-corrected chi connectivity index (χ1v) is 8.19. The molecule has 0 saturated carbocycles. The molecule has 2 nitrogen and oxygen atoms in total. The van der Waals surface area contributed by atoms with Crippen LogP contribution in [0.2, 0.25) is 0 Å². The third kappa shape index (κ3) is 3.53. The number of hydrogen-bond acceptors (Lipinski definition) is 3. The largest absolute Gasteiger partial charge is 0.467 e. The molecule has 0 amide bonds. The molecule has 0 radical (unpaired) electrons. The average molecular weight is 375 g/mol. The minimum Gasteiger partial charge on any atom is -0.467 e. The minimum absolute atomic E-state index is 0.361. The number of thioether (sulfide) groups is 1. The van der Waals surface area contributed by atoms with Gasteiger partial charge in [0.05, 0.1) is 7.11 Å². The lowest BCUT2D eigenvalue weighted by Gasteiger charge is -2.27. The van der Waals surface area contributed by atoms with Gasteiger partial charge in [0.15, 0.2) is 4.75 Å². The molecule has 0 aliphatic carbocycles. The number of rotatable bonds is 5. The predicted octanol–water partition coefficient (Wildman–Crippen LogP) is 4.95. The second-order valence-electron chi connectivity index (χ2n) is 4.50. The van der Waals surface area contributed by atoms with E-state index in [0.717, 1.165) is 14.9 Å². The zero-order chi connectivity index (χ0) is 16.0. The second kappa shape index (κ2) is 7.50. The van der Waals surface area contributed by atoms with Crippen molar-refractivity contribution in [2.75, 3.05) is 7.11 Å². The molecule has 0 bridgehead atoms. The van der Waals surface area contributed by atoms with Crippen molar-refractivity contribution >= 4 is 33.7 Å². The van der Waals surface area contributed by atoms with Gasteiger partial charge in [-0.3, -0.25) is 0 Å². The summed E-state index contributed by atoms with van der Waals surface area (Å²) in [5, 5.41) is 0. The van der Waals surface area contributed by atoms with Gasteiger partial charge >= 0.3 is 5.97 Å². The summed E-state index contributed by atoms with van der Waals surface area (Å²) in [6.07, 6.45) is 1.65. The van der Waals surface area contributed by atoms with Crippen molar-refractivity contribution in [3.05, 3.63) is 83.0 Å². The maximum atomic E-state index is 12.6. The number of halogens is 1. The molecular weight excluding hydrogens is 360 g/mol. The van der Waals surface area contributed by atoms with Gasteiger partial charge in [-0.25, -0.2) is 4.79 Å². The smallest absolute Gasteiger partial charge is 0.331 e. The Bertz CT molecular complexity index is 691. The highest BCUT2D eigenvalue weighted by atomic mass is 79.9. The molecule has 0 aliphatic heterocycles. The average Bonchev–Trinajstić information content (AvgIpc) is 2.55. The van der Waals surface area contributed by atoms with Crippen molar-refractivity contribution in [3.8, 4) is 0 Å². The van der Waals surface area contributed by atoms with Crippen molar-refractivity contribution in [2.24, 2.45) is 0 Å². The van der Waals surface area contributed by atoms with Crippen molar-refractivity contribution in [2.45, 2.75) is 9.64 Å². The highest BCUT2D eigenvalue weighted by Gasteiger charge is 2.40. The van der Waals surface area contributed by atoms with Gasteiger partial charge in [-0.1, -0.05) is 64.6 Å². The molecule has 0 fully saturated rings. The number of esters is 1.